The van der Waals surface area contributed by atoms with Gasteiger partial charge in [-0.1, -0.05) is 25.1 Å². The average Bonchev–Trinajstić information content (AvgIpc) is 3.16. The van der Waals surface area contributed by atoms with Gasteiger partial charge in [0.1, 0.15) is 17.2 Å². The third-order valence-electron chi connectivity index (χ3n) is 4.68. The summed E-state index contributed by atoms with van der Waals surface area (Å²) in [6.45, 7) is 3.56. The average molecular weight is 396 g/mol. The maximum Gasteiger partial charge on any atom is 0.355 e. The number of rotatable bonds is 7. The smallest absolute Gasteiger partial charge is 0.355 e. The molecule has 0 bridgehead atoms. The number of amides is 1. The van der Waals surface area contributed by atoms with E-state index in [1.165, 1.54) is 7.11 Å². The van der Waals surface area contributed by atoms with Crippen molar-refractivity contribution in [2.45, 2.75) is 20.3 Å². The van der Waals surface area contributed by atoms with Crippen molar-refractivity contribution in [3.05, 3.63) is 53.2 Å². The summed E-state index contributed by atoms with van der Waals surface area (Å²) >= 11 is 0. The topological polar surface area (TPSA) is 89.7 Å². The van der Waals surface area contributed by atoms with Crippen molar-refractivity contribution in [1.29, 1.82) is 0 Å². The fourth-order valence-corrected chi connectivity index (χ4v) is 3.16. The molecule has 7 nitrogen and oxygen atoms in total. The second kappa shape index (κ2) is 8.68. The Hall–Kier alpha value is -3.48. The lowest BCUT2D eigenvalue weighted by Crippen LogP contribution is -2.22. The Morgan fingerprint density at radius 1 is 1.10 bits per heavy atom. The summed E-state index contributed by atoms with van der Waals surface area (Å²) < 4.78 is 15.7. The third-order valence-corrected chi connectivity index (χ3v) is 4.68. The largest absolute Gasteiger partial charge is 0.497 e. The molecule has 29 heavy (non-hydrogen) atoms. The van der Waals surface area contributed by atoms with E-state index in [0.29, 0.717) is 17.0 Å². The summed E-state index contributed by atoms with van der Waals surface area (Å²) in [6, 6.07) is 11.0. The quantitative estimate of drug-likeness (QED) is 0.592. The van der Waals surface area contributed by atoms with Crippen molar-refractivity contribution in [2.24, 2.45) is 0 Å². The molecule has 152 valence electrons. The number of anilines is 1. The molecule has 7 heteroatoms. The number of hydrogen-bond donors (Lipinski definition) is 2. The summed E-state index contributed by atoms with van der Waals surface area (Å²) in [4.78, 5) is 27.7. The summed E-state index contributed by atoms with van der Waals surface area (Å²) in [5.41, 5.74) is 3.63. The van der Waals surface area contributed by atoms with E-state index in [-0.39, 0.29) is 12.3 Å². The standard InChI is InChI=1S/C22H24N2O5/c1-5-14-8-6-7-13(2)20(14)24-19(25)12-29-22(26)17-10-15-9-16(27-3)11-18(28-4)21(15)23-17/h6-11,23H,5,12H2,1-4H3,(H,24,25). The van der Waals surface area contributed by atoms with Crippen LogP contribution in [0.15, 0.2) is 36.4 Å². The van der Waals surface area contributed by atoms with Crippen molar-refractivity contribution in [3.63, 3.8) is 0 Å². The summed E-state index contributed by atoms with van der Waals surface area (Å²) in [5, 5.41) is 3.57. The van der Waals surface area contributed by atoms with Gasteiger partial charge in [-0.2, -0.15) is 0 Å². The zero-order valence-corrected chi connectivity index (χ0v) is 16.9. The lowest BCUT2D eigenvalue weighted by molar-refractivity contribution is -0.119. The molecule has 2 N–H and O–H groups in total. The monoisotopic (exact) mass is 396 g/mol. The highest BCUT2D eigenvalue weighted by Crippen LogP contribution is 2.31. The SMILES string of the molecule is CCc1cccc(C)c1NC(=O)COC(=O)c1cc2cc(OC)cc(OC)c2[nH]1. The van der Waals surface area contributed by atoms with Crippen LogP contribution in [0.4, 0.5) is 5.69 Å². The van der Waals surface area contributed by atoms with Gasteiger partial charge < -0.3 is 24.5 Å². The van der Waals surface area contributed by atoms with Crippen molar-refractivity contribution in [1.82, 2.24) is 4.98 Å². The van der Waals surface area contributed by atoms with Gasteiger partial charge in [-0.05, 0) is 36.6 Å². The Morgan fingerprint density at radius 3 is 2.59 bits per heavy atom. The van der Waals surface area contributed by atoms with Crippen LogP contribution in [0.2, 0.25) is 0 Å². The van der Waals surface area contributed by atoms with Crippen LogP contribution < -0.4 is 14.8 Å². The van der Waals surface area contributed by atoms with Crippen LogP contribution in [0.25, 0.3) is 10.9 Å². The summed E-state index contributed by atoms with van der Waals surface area (Å²) in [6.07, 6.45) is 0.789. The Morgan fingerprint density at radius 2 is 1.90 bits per heavy atom. The Balaban J connectivity index is 1.70. The van der Waals surface area contributed by atoms with Gasteiger partial charge in [-0.15, -0.1) is 0 Å². The van der Waals surface area contributed by atoms with Crippen LogP contribution in [0.5, 0.6) is 11.5 Å². The van der Waals surface area contributed by atoms with E-state index in [9.17, 15) is 9.59 Å². The van der Waals surface area contributed by atoms with Gasteiger partial charge in [-0.3, -0.25) is 4.79 Å². The molecule has 0 saturated carbocycles. The van der Waals surface area contributed by atoms with Crippen LogP contribution in [-0.2, 0) is 16.0 Å². The van der Waals surface area contributed by atoms with E-state index >= 15 is 0 Å². The minimum atomic E-state index is -0.627. The van der Waals surface area contributed by atoms with Crippen molar-refractivity contribution in [3.8, 4) is 11.5 Å². The van der Waals surface area contributed by atoms with E-state index in [1.807, 2.05) is 32.0 Å². The number of carbonyl (C=O) groups excluding carboxylic acids is 2. The number of aromatic amines is 1. The van der Waals surface area contributed by atoms with Crippen LogP contribution in [0.1, 0.15) is 28.5 Å². The molecule has 0 radical (unpaired) electrons. The Labute approximate surface area is 169 Å². The number of nitrogens with one attached hydrogen (secondary N) is 2. The molecule has 0 atom stereocenters. The van der Waals surface area contributed by atoms with Crippen LogP contribution in [-0.4, -0.2) is 37.7 Å². The van der Waals surface area contributed by atoms with Crippen LogP contribution in [0, 0.1) is 6.92 Å². The number of carbonyl (C=O) groups is 2. The van der Waals surface area contributed by atoms with Crippen LogP contribution >= 0.6 is 0 Å². The predicted molar refractivity (Wildman–Crippen MR) is 111 cm³/mol. The van der Waals surface area contributed by atoms with Crippen LogP contribution in [0.3, 0.4) is 0 Å². The first-order chi connectivity index (χ1) is 14.0. The third kappa shape index (κ3) is 4.34. The van der Waals surface area contributed by atoms with Gasteiger partial charge in [0.25, 0.3) is 5.91 Å². The van der Waals surface area contributed by atoms with Gasteiger partial charge in [0.2, 0.25) is 0 Å². The number of methoxy groups -OCH3 is 2. The molecular formula is C22H24N2O5. The lowest BCUT2D eigenvalue weighted by Gasteiger charge is -2.12. The Kier molecular flexibility index (Phi) is 6.07. The minimum Gasteiger partial charge on any atom is -0.497 e. The predicted octanol–water partition coefficient (Wildman–Crippen LogP) is 3.85. The van der Waals surface area contributed by atoms with Crippen molar-refractivity contribution >= 4 is 28.5 Å². The molecular weight excluding hydrogens is 372 g/mol. The highest BCUT2D eigenvalue weighted by molar-refractivity contribution is 5.99. The number of aromatic nitrogens is 1. The maximum atomic E-state index is 12.4. The molecule has 0 unspecified atom stereocenters. The number of benzene rings is 2. The maximum absolute atomic E-state index is 12.4. The van der Waals surface area contributed by atoms with E-state index < -0.39 is 11.9 Å². The van der Waals surface area contributed by atoms with Gasteiger partial charge in [0.05, 0.1) is 19.7 Å². The molecule has 2 aromatic carbocycles. The second-order valence-electron chi connectivity index (χ2n) is 6.56. The molecule has 1 aromatic heterocycles. The first-order valence-electron chi connectivity index (χ1n) is 9.27. The fraction of sp³-hybridized carbons (Fsp3) is 0.273. The zero-order chi connectivity index (χ0) is 21.0. The molecule has 0 fully saturated rings. The number of fused-ring (bicyclic) bond motifs is 1. The minimum absolute atomic E-state index is 0.226. The molecule has 0 aliphatic rings. The number of hydrogen-bond acceptors (Lipinski definition) is 5. The Bertz CT molecular complexity index is 1050. The van der Waals surface area contributed by atoms with Crippen molar-refractivity contribution in [2.75, 3.05) is 26.1 Å². The van der Waals surface area contributed by atoms with E-state index in [2.05, 4.69) is 10.3 Å². The highest BCUT2D eigenvalue weighted by Gasteiger charge is 2.17. The summed E-state index contributed by atoms with van der Waals surface area (Å²) in [5.74, 6) is 0.135. The molecule has 0 aliphatic heterocycles. The number of H-pyrrole nitrogens is 1. The van der Waals surface area contributed by atoms with Gasteiger partial charge in [-0.25, -0.2) is 4.79 Å². The molecule has 1 amide bonds. The molecule has 3 rings (SSSR count). The second-order valence-corrected chi connectivity index (χ2v) is 6.56. The number of aryl methyl sites for hydroxylation is 2. The van der Waals surface area contributed by atoms with Crippen molar-refractivity contribution < 1.29 is 23.8 Å². The fourth-order valence-electron chi connectivity index (χ4n) is 3.16. The summed E-state index contributed by atoms with van der Waals surface area (Å²) in [7, 11) is 3.09. The van der Waals surface area contributed by atoms with E-state index in [0.717, 1.165) is 28.6 Å². The zero-order valence-electron chi connectivity index (χ0n) is 16.9. The highest BCUT2D eigenvalue weighted by atomic mass is 16.5. The van der Waals surface area contributed by atoms with Gasteiger partial charge in [0.15, 0.2) is 6.61 Å². The molecule has 3 aromatic rings. The molecule has 0 spiro atoms. The van der Waals surface area contributed by atoms with Gasteiger partial charge >= 0.3 is 5.97 Å². The van der Waals surface area contributed by atoms with Gasteiger partial charge in [0, 0.05) is 17.1 Å². The lowest BCUT2D eigenvalue weighted by atomic mass is 10.1. The van der Waals surface area contributed by atoms with E-state index in [1.54, 1.807) is 25.3 Å². The molecule has 0 aliphatic carbocycles. The number of ether oxygens (including phenoxy) is 3. The number of para-hydroxylation sites is 1. The first-order valence-corrected chi connectivity index (χ1v) is 9.27. The molecule has 0 saturated heterocycles. The number of esters is 1. The first kappa shape index (κ1) is 20.3. The van der Waals surface area contributed by atoms with E-state index in [4.69, 9.17) is 14.2 Å². The molecule has 1 heterocycles. The normalized spacial score (nSPS) is 10.6.